The Balaban J connectivity index is 1.34. The number of nitrogens with one attached hydrogen (secondary N) is 1. The molecule has 8 heteroatoms. The SMILES string of the molecule is COc1cc(/C(C)=N/NC(=O)c2ccc(CSc3ncccn3)cc2)ccc1OCc1ccccc1. The van der Waals surface area contributed by atoms with Gasteiger partial charge in [0.1, 0.15) is 6.61 Å². The van der Waals surface area contributed by atoms with Gasteiger partial charge >= 0.3 is 0 Å². The first kappa shape index (κ1) is 24.9. The number of hydrogen-bond donors (Lipinski definition) is 1. The molecule has 0 saturated carbocycles. The largest absolute Gasteiger partial charge is 0.493 e. The van der Waals surface area contributed by atoms with Gasteiger partial charge in [0.15, 0.2) is 16.7 Å². The van der Waals surface area contributed by atoms with Gasteiger partial charge in [-0.3, -0.25) is 4.79 Å². The lowest BCUT2D eigenvalue weighted by molar-refractivity contribution is 0.0955. The highest BCUT2D eigenvalue weighted by Crippen LogP contribution is 2.29. The Hall–Kier alpha value is -4.17. The Morgan fingerprint density at radius 2 is 1.61 bits per heavy atom. The molecule has 182 valence electrons. The quantitative estimate of drug-likeness (QED) is 0.134. The molecule has 0 aliphatic rings. The van der Waals surface area contributed by atoms with Gasteiger partial charge in [0.05, 0.1) is 12.8 Å². The lowest BCUT2D eigenvalue weighted by atomic mass is 10.1. The van der Waals surface area contributed by atoms with E-state index in [2.05, 4.69) is 20.5 Å². The van der Waals surface area contributed by atoms with E-state index in [9.17, 15) is 4.79 Å². The summed E-state index contributed by atoms with van der Waals surface area (Å²) in [6, 6.07) is 24.7. The number of rotatable bonds is 10. The van der Waals surface area contributed by atoms with Crippen molar-refractivity contribution < 1.29 is 14.3 Å². The van der Waals surface area contributed by atoms with Crippen LogP contribution in [0.15, 0.2) is 102 Å². The summed E-state index contributed by atoms with van der Waals surface area (Å²) in [6.45, 7) is 2.27. The maximum Gasteiger partial charge on any atom is 0.271 e. The number of hydrogen-bond acceptors (Lipinski definition) is 7. The molecule has 1 N–H and O–H groups in total. The standard InChI is InChI=1S/C28H26N4O3S/c1-20(24-13-14-25(26(17-24)34-2)35-18-21-7-4-3-5-8-21)31-32-27(33)23-11-9-22(10-12-23)19-36-28-29-15-6-16-30-28/h3-17H,18-19H2,1-2H3,(H,32,33)/b31-20+. The third kappa shape index (κ3) is 6.93. The van der Waals surface area contributed by atoms with E-state index in [1.54, 1.807) is 49.5 Å². The number of nitrogens with zero attached hydrogens (tertiary/aromatic N) is 3. The van der Waals surface area contributed by atoms with Crippen molar-refractivity contribution in [2.24, 2.45) is 5.10 Å². The molecule has 0 unspecified atom stereocenters. The zero-order valence-corrected chi connectivity index (χ0v) is 20.9. The predicted molar refractivity (Wildman–Crippen MR) is 141 cm³/mol. The summed E-state index contributed by atoms with van der Waals surface area (Å²) in [7, 11) is 1.60. The first-order valence-corrected chi connectivity index (χ1v) is 12.3. The molecular formula is C28H26N4O3S. The average Bonchev–Trinajstić information content (AvgIpc) is 2.94. The molecule has 1 heterocycles. The third-order valence-electron chi connectivity index (χ3n) is 5.27. The van der Waals surface area contributed by atoms with Gasteiger partial charge in [-0.25, -0.2) is 15.4 Å². The monoisotopic (exact) mass is 498 g/mol. The molecule has 1 aromatic heterocycles. The van der Waals surface area contributed by atoms with Crippen LogP contribution in [-0.4, -0.2) is 28.7 Å². The fourth-order valence-electron chi connectivity index (χ4n) is 3.27. The number of benzene rings is 3. The van der Waals surface area contributed by atoms with Crippen LogP contribution < -0.4 is 14.9 Å². The molecule has 0 atom stereocenters. The first-order valence-electron chi connectivity index (χ1n) is 11.3. The molecule has 0 radical (unpaired) electrons. The molecule has 36 heavy (non-hydrogen) atoms. The minimum absolute atomic E-state index is 0.283. The number of ether oxygens (including phenoxy) is 2. The van der Waals surface area contributed by atoms with Gasteiger partial charge in [0, 0.05) is 29.3 Å². The van der Waals surface area contributed by atoms with Crippen LogP contribution >= 0.6 is 11.8 Å². The number of methoxy groups -OCH3 is 1. The highest BCUT2D eigenvalue weighted by molar-refractivity contribution is 7.98. The van der Waals surface area contributed by atoms with Gasteiger partial charge in [-0.15, -0.1) is 0 Å². The zero-order chi connectivity index (χ0) is 25.2. The van der Waals surface area contributed by atoms with Gasteiger partial charge in [-0.05, 0) is 54.4 Å². The van der Waals surface area contributed by atoms with E-state index in [1.165, 1.54) is 0 Å². The Labute approximate surface area is 214 Å². The van der Waals surface area contributed by atoms with Crippen LogP contribution in [0.2, 0.25) is 0 Å². The maximum absolute atomic E-state index is 12.6. The molecular weight excluding hydrogens is 472 g/mol. The Kier molecular flexibility index (Phi) is 8.67. The Bertz CT molecular complexity index is 1310. The summed E-state index contributed by atoms with van der Waals surface area (Å²) in [4.78, 5) is 21.0. The molecule has 1 amide bonds. The second kappa shape index (κ2) is 12.5. The van der Waals surface area contributed by atoms with E-state index in [-0.39, 0.29) is 5.91 Å². The van der Waals surface area contributed by atoms with E-state index in [1.807, 2.05) is 67.6 Å². The molecule has 0 aliphatic heterocycles. The molecule has 0 saturated heterocycles. The summed E-state index contributed by atoms with van der Waals surface area (Å²) in [5, 5.41) is 4.99. The van der Waals surface area contributed by atoms with Crippen LogP contribution in [0.3, 0.4) is 0 Å². The van der Waals surface area contributed by atoms with E-state index in [4.69, 9.17) is 9.47 Å². The van der Waals surface area contributed by atoms with Crippen molar-refractivity contribution in [1.29, 1.82) is 0 Å². The van der Waals surface area contributed by atoms with Crippen LogP contribution in [-0.2, 0) is 12.4 Å². The van der Waals surface area contributed by atoms with Crippen molar-refractivity contribution in [3.63, 3.8) is 0 Å². The van der Waals surface area contributed by atoms with Crippen LogP contribution in [0, 0.1) is 0 Å². The van der Waals surface area contributed by atoms with Crippen molar-refractivity contribution in [2.45, 2.75) is 24.4 Å². The number of thioether (sulfide) groups is 1. The maximum atomic E-state index is 12.6. The second-order valence-electron chi connectivity index (χ2n) is 7.80. The Morgan fingerprint density at radius 1 is 0.889 bits per heavy atom. The van der Waals surface area contributed by atoms with Gasteiger partial charge in [0.25, 0.3) is 5.91 Å². The van der Waals surface area contributed by atoms with Crippen LogP contribution in [0.4, 0.5) is 0 Å². The number of carbonyl (C=O) groups excluding carboxylic acids is 1. The van der Waals surface area contributed by atoms with E-state index in [0.29, 0.717) is 29.4 Å². The number of amides is 1. The van der Waals surface area contributed by atoms with Crippen molar-refractivity contribution in [2.75, 3.05) is 7.11 Å². The summed E-state index contributed by atoms with van der Waals surface area (Å²) >= 11 is 1.54. The van der Waals surface area contributed by atoms with E-state index < -0.39 is 0 Å². The number of carbonyl (C=O) groups is 1. The van der Waals surface area contributed by atoms with Crippen molar-refractivity contribution in [1.82, 2.24) is 15.4 Å². The van der Waals surface area contributed by atoms with Crippen molar-refractivity contribution in [3.05, 3.63) is 114 Å². The lowest BCUT2D eigenvalue weighted by Crippen LogP contribution is -2.19. The van der Waals surface area contributed by atoms with Crippen LogP contribution in [0.25, 0.3) is 0 Å². The minimum atomic E-state index is -0.283. The average molecular weight is 499 g/mol. The zero-order valence-electron chi connectivity index (χ0n) is 20.0. The minimum Gasteiger partial charge on any atom is -0.493 e. The summed E-state index contributed by atoms with van der Waals surface area (Å²) in [5.74, 6) is 1.67. The van der Waals surface area contributed by atoms with Crippen LogP contribution in [0.1, 0.15) is 34.0 Å². The normalized spacial score (nSPS) is 11.1. The molecule has 0 spiro atoms. The topological polar surface area (TPSA) is 85.7 Å². The third-order valence-corrected chi connectivity index (χ3v) is 6.22. The number of hydrazone groups is 1. The fourth-order valence-corrected chi connectivity index (χ4v) is 4.03. The van der Waals surface area contributed by atoms with E-state index in [0.717, 1.165) is 27.6 Å². The highest BCUT2D eigenvalue weighted by Gasteiger charge is 2.10. The smallest absolute Gasteiger partial charge is 0.271 e. The highest BCUT2D eigenvalue weighted by atomic mass is 32.2. The van der Waals surface area contributed by atoms with Crippen LogP contribution in [0.5, 0.6) is 11.5 Å². The molecule has 3 aromatic carbocycles. The summed E-state index contributed by atoms with van der Waals surface area (Å²) in [5.41, 5.74) is 6.76. The Morgan fingerprint density at radius 3 is 2.33 bits per heavy atom. The summed E-state index contributed by atoms with van der Waals surface area (Å²) in [6.07, 6.45) is 3.44. The van der Waals surface area contributed by atoms with Gasteiger partial charge in [-0.2, -0.15) is 5.10 Å². The molecule has 0 bridgehead atoms. The van der Waals surface area contributed by atoms with Gasteiger partial charge < -0.3 is 9.47 Å². The van der Waals surface area contributed by atoms with E-state index >= 15 is 0 Å². The van der Waals surface area contributed by atoms with Crippen molar-refractivity contribution >= 4 is 23.4 Å². The van der Waals surface area contributed by atoms with Crippen molar-refractivity contribution in [3.8, 4) is 11.5 Å². The number of aromatic nitrogens is 2. The van der Waals surface area contributed by atoms with Gasteiger partial charge in [0.2, 0.25) is 0 Å². The predicted octanol–water partition coefficient (Wildman–Crippen LogP) is 5.51. The lowest BCUT2D eigenvalue weighted by Gasteiger charge is -2.12. The second-order valence-corrected chi connectivity index (χ2v) is 8.74. The molecule has 4 rings (SSSR count). The molecule has 0 aliphatic carbocycles. The van der Waals surface area contributed by atoms with Gasteiger partial charge in [-0.1, -0.05) is 54.2 Å². The first-order chi connectivity index (χ1) is 17.6. The summed E-state index contributed by atoms with van der Waals surface area (Å²) < 4.78 is 11.4. The molecule has 7 nitrogen and oxygen atoms in total. The molecule has 4 aromatic rings. The fraction of sp³-hybridized carbons (Fsp3) is 0.143. The molecule has 0 fully saturated rings.